The van der Waals surface area contributed by atoms with Crippen molar-refractivity contribution in [3.63, 3.8) is 0 Å². The molecule has 0 aliphatic carbocycles. The van der Waals surface area contributed by atoms with Gasteiger partial charge in [-0.05, 0) is 30.3 Å². The highest BCUT2D eigenvalue weighted by atomic mass is 32.2. The molecule has 0 saturated carbocycles. The molecule has 5 nitrogen and oxygen atoms in total. The molecule has 1 heterocycles. The Bertz CT molecular complexity index is 1020. The number of morpholine rings is 1. The summed E-state index contributed by atoms with van der Waals surface area (Å²) in [6, 6.07) is 5.88. The first-order valence-corrected chi connectivity index (χ1v) is 10.1. The molecule has 1 saturated heterocycles. The van der Waals surface area contributed by atoms with E-state index < -0.39 is 44.1 Å². The molecule has 0 bridgehead atoms. The number of ether oxygens (including phenoxy) is 1. The SMILES string of the molecule is O=S(=O)(Nc1cc(C(F)(F)F)ccc1N1CCOCC1)c1ccccc1C(F)(F)F. The van der Waals surface area contributed by atoms with Gasteiger partial charge in [0.15, 0.2) is 0 Å². The Morgan fingerprint density at radius 3 is 2.13 bits per heavy atom. The van der Waals surface area contributed by atoms with Crippen molar-refractivity contribution in [2.45, 2.75) is 17.2 Å². The summed E-state index contributed by atoms with van der Waals surface area (Å²) >= 11 is 0. The lowest BCUT2D eigenvalue weighted by atomic mass is 10.1. The Morgan fingerprint density at radius 1 is 0.900 bits per heavy atom. The maximum atomic E-state index is 13.2. The Kier molecular flexibility index (Phi) is 5.92. The van der Waals surface area contributed by atoms with Crippen molar-refractivity contribution >= 4 is 21.4 Å². The van der Waals surface area contributed by atoms with Crippen LogP contribution in [0.15, 0.2) is 47.4 Å². The second-order valence-electron chi connectivity index (χ2n) is 6.43. The molecule has 0 radical (unpaired) electrons. The molecule has 1 N–H and O–H groups in total. The first kappa shape index (κ1) is 22.2. The number of benzene rings is 2. The standard InChI is InChI=1S/C18H16F6N2O3S/c19-17(20,21)12-5-6-15(26-7-9-29-10-8-26)14(11-12)25-30(27,28)16-4-2-1-3-13(16)18(22,23)24/h1-6,11,25H,7-10H2. The topological polar surface area (TPSA) is 58.6 Å². The van der Waals surface area contributed by atoms with Gasteiger partial charge in [0.25, 0.3) is 10.0 Å². The van der Waals surface area contributed by atoms with Gasteiger partial charge in [-0.1, -0.05) is 12.1 Å². The predicted octanol–water partition coefficient (Wildman–Crippen LogP) is 4.36. The van der Waals surface area contributed by atoms with E-state index in [2.05, 4.69) is 0 Å². The van der Waals surface area contributed by atoms with Crippen LogP contribution in [-0.4, -0.2) is 34.7 Å². The van der Waals surface area contributed by atoms with E-state index in [-0.39, 0.29) is 32.0 Å². The van der Waals surface area contributed by atoms with E-state index in [0.29, 0.717) is 12.1 Å². The molecule has 30 heavy (non-hydrogen) atoms. The summed E-state index contributed by atoms with van der Waals surface area (Å²) < 4.78 is 112. The van der Waals surface area contributed by atoms with E-state index in [0.717, 1.165) is 30.3 Å². The fourth-order valence-electron chi connectivity index (χ4n) is 3.01. The second kappa shape index (κ2) is 7.99. The molecular weight excluding hydrogens is 438 g/mol. The molecule has 0 amide bonds. The summed E-state index contributed by atoms with van der Waals surface area (Å²) in [7, 11) is -4.85. The fourth-order valence-corrected chi connectivity index (χ4v) is 4.30. The summed E-state index contributed by atoms with van der Waals surface area (Å²) in [5.41, 5.74) is -2.92. The lowest BCUT2D eigenvalue weighted by Gasteiger charge is -2.31. The van der Waals surface area contributed by atoms with Crippen LogP contribution in [0.3, 0.4) is 0 Å². The number of nitrogens with one attached hydrogen (secondary N) is 1. The third-order valence-electron chi connectivity index (χ3n) is 4.40. The molecule has 1 aliphatic heterocycles. The summed E-state index contributed by atoms with van der Waals surface area (Å²) in [6.07, 6.45) is -9.74. The van der Waals surface area contributed by atoms with Gasteiger partial charge in [-0.3, -0.25) is 4.72 Å². The maximum Gasteiger partial charge on any atom is 0.417 e. The van der Waals surface area contributed by atoms with Gasteiger partial charge in [0.05, 0.1) is 40.6 Å². The molecule has 3 rings (SSSR count). The molecule has 2 aromatic rings. The predicted molar refractivity (Wildman–Crippen MR) is 96.7 cm³/mol. The molecule has 2 aromatic carbocycles. The van der Waals surface area contributed by atoms with Crippen LogP contribution >= 0.6 is 0 Å². The van der Waals surface area contributed by atoms with Crippen molar-refractivity contribution in [3.8, 4) is 0 Å². The zero-order valence-electron chi connectivity index (χ0n) is 15.2. The smallest absolute Gasteiger partial charge is 0.378 e. The highest BCUT2D eigenvalue weighted by Gasteiger charge is 2.38. The molecule has 12 heteroatoms. The lowest BCUT2D eigenvalue weighted by Crippen LogP contribution is -2.37. The van der Waals surface area contributed by atoms with Gasteiger partial charge in [0.2, 0.25) is 0 Å². The number of alkyl halides is 6. The Labute approximate surface area is 168 Å². The van der Waals surface area contributed by atoms with Crippen molar-refractivity contribution < 1.29 is 39.5 Å². The minimum atomic E-state index is -4.97. The average Bonchev–Trinajstić information content (AvgIpc) is 2.67. The van der Waals surface area contributed by atoms with Gasteiger partial charge in [0, 0.05) is 13.1 Å². The normalized spacial score (nSPS) is 15.9. The van der Waals surface area contributed by atoms with E-state index in [1.54, 1.807) is 4.90 Å². The van der Waals surface area contributed by atoms with Crippen LogP contribution in [0.1, 0.15) is 11.1 Å². The molecule has 0 aromatic heterocycles. The molecular formula is C18H16F6N2O3S. The van der Waals surface area contributed by atoms with E-state index in [4.69, 9.17) is 4.74 Å². The van der Waals surface area contributed by atoms with E-state index in [9.17, 15) is 34.8 Å². The van der Waals surface area contributed by atoms with Crippen LogP contribution in [0.4, 0.5) is 37.7 Å². The number of anilines is 2. The van der Waals surface area contributed by atoms with Crippen LogP contribution in [-0.2, 0) is 27.1 Å². The third kappa shape index (κ3) is 4.81. The molecule has 0 atom stereocenters. The minimum Gasteiger partial charge on any atom is -0.378 e. The maximum absolute atomic E-state index is 13.2. The third-order valence-corrected chi connectivity index (χ3v) is 5.83. The van der Waals surface area contributed by atoms with Crippen LogP contribution < -0.4 is 9.62 Å². The molecule has 0 unspecified atom stereocenters. The number of hydrogen-bond acceptors (Lipinski definition) is 4. The zero-order valence-corrected chi connectivity index (χ0v) is 16.0. The van der Waals surface area contributed by atoms with Crippen molar-refractivity contribution in [1.82, 2.24) is 0 Å². The monoisotopic (exact) mass is 454 g/mol. The minimum absolute atomic E-state index is 0.111. The Morgan fingerprint density at radius 2 is 1.53 bits per heavy atom. The number of sulfonamides is 1. The van der Waals surface area contributed by atoms with Crippen molar-refractivity contribution in [1.29, 1.82) is 0 Å². The molecule has 164 valence electrons. The Hall–Kier alpha value is -2.47. The molecule has 0 spiro atoms. The lowest BCUT2D eigenvalue weighted by molar-refractivity contribution is -0.140. The zero-order chi connectivity index (χ0) is 22.2. The highest BCUT2D eigenvalue weighted by Crippen LogP contribution is 2.38. The number of rotatable bonds is 4. The van der Waals surface area contributed by atoms with E-state index in [1.165, 1.54) is 0 Å². The number of nitrogens with zero attached hydrogens (tertiary/aromatic N) is 1. The number of hydrogen-bond donors (Lipinski definition) is 1. The number of halogens is 6. The quantitative estimate of drug-likeness (QED) is 0.698. The molecule has 1 fully saturated rings. The summed E-state index contributed by atoms with van der Waals surface area (Å²) in [5, 5.41) is 0. The van der Waals surface area contributed by atoms with Crippen molar-refractivity contribution in [2.24, 2.45) is 0 Å². The fraction of sp³-hybridized carbons (Fsp3) is 0.333. The first-order chi connectivity index (χ1) is 13.9. The Balaban J connectivity index is 2.08. The summed E-state index contributed by atoms with van der Waals surface area (Å²) in [5.74, 6) is 0. The van der Waals surface area contributed by atoms with Gasteiger partial charge in [0.1, 0.15) is 0 Å². The van der Waals surface area contributed by atoms with Crippen LogP contribution in [0.25, 0.3) is 0 Å². The van der Waals surface area contributed by atoms with Crippen molar-refractivity contribution in [3.05, 3.63) is 53.6 Å². The van der Waals surface area contributed by atoms with Crippen molar-refractivity contribution in [2.75, 3.05) is 35.9 Å². The second-order valence-corrected chi connectivity index (χ2v) is 8.08. The summed E-state index contributed by atoms with van der Waals surface area (Å²) in [6.45, 7) is 1.09. The van der Waals surface area contributed by atoms with Gasteiger partial charge in [-0.25, -0.2) is 8.42 Å². The largest absolute Gasteiger partial charge is 0.417 e. The van der Waals surface area contributed by atoms with Gasteiger partial charge >= 0.3 is 12.4 Å². The van der Waals surface area contributed by atoms with E-state index >= 15 is 0 Å². The van der Waals surface area contributed by atoms with Gasteiger partial charge < -0.3 is 9.64 Å². The average molecular weight is 454 g/mol. The van der Waals surface area contributed by atoms with Gasteiger partial charge in [-0.2, -0.15) is 26.3 Å². The van der Waals surface area contributed by atoms with Crippen LogP contribution in [0, 0.1) is 0 Å². The first-order valence-electron chi connectivity index (χ1n) is 8.62. The van der Waals surface area contributed by atoms with Gasteiger partial charge in [-0.15, -0.1) is 0 Å². The van der Waals surface area contributed by atoms with E-state index in [1.807, 2.05) is 4.72 Å². The highest BCUT2D eigenvalue weighted by molar-refractivity contribution is 7.92. The summed E-state index contributed by atoms with van der Waals surface area (Å²) in [4.78, 5) is 0.514. The van der Waals surface area contributed by atoms with Crippen LogP contribution in [0.5, 0.6) is 0 Å². The molecule has 1 aliphatic rings. The van der Waals surface area contributed by atoms with Crippen LogP contribution in [0.2, 0.25) is 0 Å².